The third-order valence-corrected chi connectivity index (χ3v) is 24.1. The normalized spacial score (nSPS) is 24.8. The third-order valence-electron chi connectivity index (χ3n) is 24.1. The molecule has 0 aromatic rings. The first-order valence-corrected chi connectivity index (χ1v) is 48.4. The van der Waals surface area contributed by atoms with Crippen LogP contribution in [0.5, 0.6) is 0 Å². The SMILES string of the molecule is CCCCCCC/C=C\C/C=C\C/C=C\CCCCCCCCCCCCCCCCCCCCCCCCCCC(=O)NC(COC1OC(CO)C(OC2OC(CO)C(OC3OC(CO)C(O)C(O)C3O)C(O)C2O)C(O)C1O)C(O)/C=C/CCCCCCCCCCCCCCCCCCCCCCCCCCCCCCC. The number of ether oxygens (including phenoxy) is 6. The number of nitrogens with one attached hydrogen (secondary N) is 1. The Morgan fingerprint density at radius 3 is 0.896 bits per heavy atom. The van der Waals surface area contributed by atoms with Crippen molar-refractivity contribution >= 4 is 5.91 Å². The molecule has 0 saturated carbocycles. The molecule has 17 atom stereocenters. The van der Waals surface area contributed by atoms with E-state index in [-0.39, 0.29) is 18.9 Å². The van der Waals surface area contributed by atoms with Crippen LogP contribution in [0.4, 0.5) is 0 Å². The Kier molecular flexibility index (Phi) is 70.2. The smallest absolute Gasteiger partial charge is 0.220 e. The molecule has 19 nitrogen and oxygen atoms in total. The largest absolute Gasteiger partial charge is 0.394 e. The number of unbranched alkanes of at least 4 members (excludes halogenated alkanes) is 58. The van der Waals surface area contributed by atoms with Crippen LogP contribution in [0.3, 0.4) is 0 Å². The predicted molar refractivity (Wildman–Crippen MR) is 466 cm³/mol. The number of amides is 1. The molecule has 17 unspecified atom stereocenters. The van der Waals surface area contributed by atoms with Crippen molar-refractivity contribution in [3.63, 3.8) is 0 Å². The highest BCUT2D eigenvalue weighted by molar-refractivity contribution is 5.76. The lowest BCUT2D eigenvalue weighted by Gasteiger charge is -2.48. The number of aliphatic hydroxyl groups excluding tert-OH is 11. The predicted octanol–water partition coefficient (Wildman–Crippen LogP) is 19.5. The van der Waals surface area contributed by atoms with Crippen molar-refractivity contribution in [3.05, 3.63) is 48.6 Å². The van der Waals surface area contributed by atoms with Crippen LogP contribution in [-0.4, -0.2) is 193 Å². The summed E-state index contributed by atoms with van der Waals surface area (Å²) in [7, 11) is 0. The summed E-state index contributed by atoms with van der Waals surface area (Å²) in [6.07, 6.45) is 72.8. The van der Waals surface area contributed by atoms with Crippen LogP contribution in [0, 0.1) is 0 Å². The van der Waals surface area contributed by atoms with Crippen LogP contribution in [-0.2, 0) is 33.2 Å². The molecule has 3 aliphatic heterocycles. The zero-order chi connectivity index (χ0) is 83.1. The molecule has 676 valence electrons. The molecule has 1 amide bonds. The molecule has 0 aromatic carbocycles. The first kappa shape index (κ1) is 107. The van der Waals surface area contributed by atoms with Gasteiger partial charge in [-0.3, -0.25) is 4.79 Å². The van der Waals surface area contributed by atoms with E-state index in [2.05, 4.69) is 55.6 Å². The fourth-order valence-electron chi connectivity index (χ4n) is 16.4. The van der Waals surface area contributed by atoms with Crippen molar-refractivity contribution < 1.29 is 89.4 Å². The molecular formula is C96H179NO18. The molecule has 12 N–H and O–H groups in total. The van der Waals surface area contributed by atoms with Crippen molar-refractivity contribution in [1.82, 2.24) is 5.32 Å². The number of carbonyl (C=O) groups excluding carboxylic acids is 1. The van der Waals surface area contributed by atoms with Gasteiger partial charge in [-0.15, -0.1) is 0 Å². The summed E-state index contributed by atoms with van der Waals surface area (Å²) in [5, 5.41) is 121. The molecule has 3 aliphatic rings. The van der Waals surface area contributed by atoms with Crippen LogP contribution in [0.25, 0.3) is 0 Å². The van der Waals surface area contributed by atoms with Gasteiger partial charge in [-0.2, -0.15) is 0 Å². The van der Waals surface area contributed by atoms with E-state index >= 15 is 0 Å². The second kappa shape index (κ2) is 75.5. The number of allylic oxidation sites excluding steroid dienone is 7. The molecule has 3 fully saturated rings. The summed E-state index contributed by atoms with van der Waals surface area (Å²) < 4.78 is 34.6. The van der Waals surface area contributed by atoms with Gasteiger partial charge in [0.15, 0.2) is 18.9 Å². The lowest BCUT2D eigenvalue weighted by molar-refractivity contribution is -0.379. The molecule has 3 heterocycles. The van der Waals surface area contributed by atoms with E-state index in [0.717, 1.165) is 57.8 Å². The topological polar surface area (TPSA) is 307 Å². The first-order valence-electron chi connectivity index (χ1n) is 48.4. The average molecular weight is 1640 g/mol. The molecule has 0 spiro atoms. The van der Waals surface area contributed by atoms with E-state index < -0.39 is 124 Å². The van der Waals surface area contributed by atoms with Gasteiger partial charge < -0.3 is 89.9 Å². The van der Waals surface area contributed by atoms with Crippen LogP contribution in [0.15, 0.2) is 48.6 Å². The second-order valence-corrected chi connectivity index (χ2v) is 34.5. The maximum absolute atomic E-state index is 13.5. The van der Waals surface area contributed by atoms with Gasteiger partial charge in [0.25, 0.3) is 0 Å². The zero-order valence-corrected chi connectivity index (χ0v) is 73.3. The van der Waals surface area contributed by atoms with Crippen molar-refractivity contribution in [2.45, 2.75) is 529 Å². The molecule has 19 heteroatoms. The summed E-state index contributed by atoms with van der Waals surface area (Å²) in [5.41, 5.74) is 0. The maximum atomic E-state index is 13.5. The van der Waals surface area contributed by atoms with Crippen LogP contribution in [0.2, 0.25) is 0 Å². The molecule has 0 bridgehead atoms. The Hall–Kier alpha value is -2.25. The van der Waals surface area contributed by atoms with Gasteiger partial charge in [-0.1, -0.05) is 409 Å². The quantitative estimate of drug-likeness (QED) is 0.0199. The zero-order valence-electron chi connectivity index (χ0n) is 73.3. The molecule has 3 saturated heterocycles. The Labute approximate surface area is 701 Å². The molecule has 0 aromatic heterocycles. The van der Waals surface area contributed by atoms with Gasteiger partial charge in [-0.25, -0.2) is 0 Å². The van der Waals surface area contributed by atoms with Gasteiger partial charge in [0, 0.05) is 6.42 Å². The Bertz CT molecular complexity index is 2260. The minimum atomic E-state index is -1.98. The van der Waals surface area contributed by atoms with Crippen molar-refractivity contribution in [3.8, 4) is 0 Å². The standard InChI is InChI=1S/C96H179NO18/c1-3-5-7-9-11-13-15-17-19-21-23-25-27-29-31-33-35-36-37-38-39-40-41-42-44-46-48-50-52-54-56-58-60-62-64-66-68-70-72-74-84(102)97-79(80(101)73-71-69-67-65-63-61-59-57-55-53-51-49-47-45-43-34-32-30-28-26-24-22-20-18-16-14-12-10-8-6-4-2)78-110-94-90(108)87(105)92(82(76-99)112-94)115-96-91(109)88(106)93(83(77-100)113-96)114-95-89(107)86(104)85(103)81(75-98)111-95/h15,17,21,23,27,29,71,73,79-83,85-96,98-101,103-109H,3-14,16,18-20,22,24-26,28,30-70,72,74-78H2,1-2H3,(H,97,102)/b17-15-,23-21-,29-27-,73-71+. The van der Waals surface area contributed by atoms with Crippen LogP contribution >= 0.6 is 0 Å². The second-order valence-electron chi connectivity index (χ2n) is 34.5. The highest BCUT2D eigenvalue weighted by Gasteiger charge is 2.54. The van der Waals surface area contributed by atoms with Gasteiger partial charge in [0.05, 0.1) is 38.6 Å². The highest BCUT2D eigenvalue weighted by atomic mass is 16.8. The summed E-state index contributed by atoms with van der Waals surface area (Å²) in [5.74, 6) is -0.266. The number of aliphatic hydroxyl groups is 11. The molecule has 0 aliphatic carbocycles. The van der Waals surface area contributed by atoms with Gasteiger partial charge in [0.1, 0.15) is 73.2 Å². The Morgan fingerprint density at radius 2 is 0.574 bits per heavy atom. The number of rotatable bonds is 80. The summed E-state index contributed by atoms with van der Waals surface area (Å²) >= 11 is 0. The summed E-state index contributed by atoms with van der Waals surface area (Å²) in [6.45, 7) is 1.80. The fraction of sp³-hybridized carbons (Fsp3) is 0.906. The van der Waals surface area contributed by atoms with Gasteiger partial charge in [-0.05, 0) is 57.8 Å². The van der Waals surface area contributed by atoms with E-state index in [4.69, 9.17) is 28.4 Å². The lowest BCUT2D eigenvalue weighted by atomic mass is 9.96. The van der Waals surface area contributed by atoms with Crippen molar-refractivity contribution in [2.24, 2.45) is 0 Å². The molecule has 115 heavy (non-hydrogen) atoms. The molecular weight excluding hydrogens is 1460 g/mol. The average Bonchev–Trinajstić information content (AvgIpc) is 0.779. The number of carbonyl (C=O) groups is 1. The molecule has 0 radical (unpaired) electrons. The summed E-state index contributed by atoms with van der Waals surface area (Å²) in [6, 6.07) is -0.975. The Morgan fingerprint density at radius 1 is 0.313 bits per heavy atom. The minimum Gasteiger partial charge on any atom is -0.394 e. The third kappa shape index (κ3) is 53.4. The minimum absolute atomic E-state index is 0.247. The monoisotopic (exact) mass is 1630 g/mol. The van der Waals surface area contributed by atoms with Gasteiger partial charge in [0.2, 0.25) is 5.91 Å². The van der Waals surface area contributed by atoms with E-state index in [0.29, 0.717) is 6.42 Å². The van der Waals surface area contributed by atoms with Gasteiger partial charge >= 0.3 is 0 Å². The van der Waals surface area contributed by atoms with E-state index in [1.807, 2.05) is 6.08 Å². The fourth-order valence-corrected chi connectivity index (χ4v) is 16.4. The van der Waals surface area contributed by atoms with Crippen LogP contribution < -0.4 is 5.32 Å². The highest BCUT2D eigenvalue weighted by Crippen LogP contribution is 2.34. The first-order chi connectivity index (χ1) is 56.3. The number of hydrogen-bond donors (Lipinski definition) is 12. The number of hydrogen-bond acceptors (Lipinski definition) is 18. The van der Waals surface area contributed by atoms with Crippen molar-refractivity contribution in [2.75, 3.05) is 26.4 Å². The van der Waals surface area contributed by atoms with E-state index in [1.165, 1.54) is 340 Å². The molecule has 3 rings (SSSR count). The van der Waals surface area contributed by atoms with Crippen LogP contribution in [0.1, 0.15) is 425 Å². The van der Waals surface area contributed by atoms with E-state index in [1.54, 1.807) is 6.08 Å². The lowest BCUT2D eigenvalue weighted by Crippen LogP contribution is -2.66. The van der Waals surface area contributed by atoms with E-state index in [9.17, 15) is 61.0 Å². The Balaban J connectivity index is 1.29. The van der Waals surface area contributed by atoms with Crippen molar-refractivity contribution in [1.29, 1.82) is 0 Å². The maximum Gasteiger partial charge on any atom is 0.220 e. The summed E-state index contributed by atoms with van der Waals surface area (Å²) in [4.78, 5) is 13.5.